The van der Waals surface area contributed by atoms with Gasteiger partial charge in [0.15, 0.2) is 5.82 Å². The normalized spacial score (nSPS) is 13.2. The Morgan fingerprint density at radius 3 is 2.47 bits per heavy atom. The predicted molar refractivity (Wildman–Crippen MR) is 65.4 cm³/mol. The van der Waals surface area contributed by atoms with E-state index in [1.807, 2.05) is 27.7 Å². The standard InChI is InChI=1S/C12H19N3O2/c1-5-9(16)8-6-14-10(7-13-8)15-11(17)12(2,3)4/h6-7,9,16H,5H2,1-4H3,(H,14,15,17)/t9-/m1/s1. The molecule has 1 rings (SSSR count). The number of nitrogens with one attached hydrogen (secondary N) is 1. The number of carbonyl (C=O) groups is 1. The van der Waals surface area contributed by atoms with Crippen LogP contribution >= 0.6 is 0 Å². The van der Waals surface area contributed by atoms with Gasteiger partial charge in [-0.2, -0.15) is 0 Å². The predicted octanol–water partition coefficient (Wildman–Crippen LogP) is 1.90. The molecule has 1 amide bonds. The largest absolute Gasteiger partial charge is 0.387 e. The second-order valence-electron chi connectivity index (χ2n) is 4.95. The van der Waals surface area contributed by atoms with Crippen LogP contribution in [0, 0.1) is 5.41 Å². The molecule has 0 aliphatic heterocycles. The van der Waals surface area contributed by atoms with E-state index in [-0.39, 0.29) is 5.91 Å². The Hall–Kier alpha value is -1.49. The Morgan fingerprint density at radius 2 is 2.06 bits per heavy atom. The van der Waals surface area contributed by atoms with Gasteiger partial charge in [0.25, 0.3) is 0 Å². The highest BCUT2D eigenvalue weighted by molar-refractivity contribution is 5.93. The van der Waals surface area contributed by atoms with Crippen molar-refractivity contribution in [3.63, 3.8) is 0 Å². The molecular weight excluding hydrogens is 218 g/mol. The first-order valence-electron chi connectivity index (χ1n) is 5.66. The highest BCUT2D eigenvalue weighted by Gasteiger charge is 2.21. The number of aromatic nitrogens is 2. The van der Waals surface area contributed by atoms with Crippen molar-refractivity contribution in [1.29, 1.82) is 0 Å². The fourth-order valence-electron chi connectivity index (χ4n) is 1.09. The first kappa shape index (κ1) is 13.6. The summed E-state index contributed by atoms with van der Waals surface area (Å²) >= 11 is 0. The lowest BCUT2D eigenvalue weighted by molar-refractivity contribution is -0.123. The molecule has 0 aliphatic carbocycles. The number of hydrogen-bond donors (Lipinski definition) is 2. The van der Waals surface area contributed by atoms with Crippen LogP contribution in [0.4, 0.5) is 5.82 Å². The molecule has 5 nitrogen and oxygen atoms in total. The van der Waals surface area contributed by atoms with E-state index in [1.54, 1.807) is 0 Å². The summed E-state index contributed by atoms with van der Waals surface area (Å²) in [6.07, 6.45) is 2.92. The molecule has 1 atom stereocenters. The molecule has 94 valence electrons. The monoisotopic (exact) mass is 237 g/mol. The molecule has 0 aliphatic rings. The zero-order chi connectivity index (χ0) is 13.1. The van der Waals surface area contributed by atoms with Crippen molar-refractivity contribution in [1.82, 2.24) is 9.97 Å². The Labute approximate surface area is 101 Å². The number of nitrogens with zero attached hydrogens (tertiary/aromatic N) is 2. The van der Waals surface area contributed by atoms with Gasteiger partial charge in [0.05, 0.1) is 24.2 Å². The van der Waals surface area contributed by atoms with Gasteiger partial charge in [0.2, 0.25) is 5.91 Å². The summed E-state index contributed by atoms with van der Waals surface area (Å²) in [7, 11) is 0. The Bertz CT molecular complexity index is 382. The van der Waals surface area contributed by atoms with Gasteiger partial charge in [0.1, 0.15) is 0 Å². The summed E-state index contributed by atoms with van der Waals surface area (Å²) in [5.41, 5.74) is 0.0461. The van der Waals surface area contributed by atoms with E-state index in [4.69, 9.17) is 0 Å². The molecular formula is C12H19N3O2. The first-order valence-corrected chi connectivity index (χ1v) is 5.66. The van der Waals surface area contributed by atoms with Gasteiger partial charge < -0.3 is 10.4 Å². The summed E-state index contributed by atoms with van der Waals surface area (Å²) in [5, 5.41) is 12.2. The zero-order valence-electron chi connectivity index (χ0n) is 10.7. The summed E-state index contributed by atoms with van der Waals surface area (Å²) in [5.74, 6) is 0.285. The minimum atomic E-state index is -0.602. The molecule has 5 heteroatoms. The van der Waals surface area contributed by atoms with Crippen LogP contribution in [0.1, 0.15) is 45.9 Å². The van der Waals surface area contributed by atoms with Gasteiger partial charge in [-0.1, -0.05) is 27.7 Å². The molecule has 0 aromatic carbocycles. The first-order chi connectivity index (χ1) is 7.84. The highest BCUT2D eigenvalue weighted by Crippen LogP contribution is 2.17. The SMILES string of the molecule is CC[C@@H](O)c1cnc(NC(=O)C(C)(C)C)cn1. The van der Waals surface area contributed by atoms with Crippen LogP contribution < -0.4 is 5.32 Å². The number of rotatable bonds is 3. The maximum absolute atomic E-state index is 11.7. The van der Waals surface area contributed by atoms with Crippen LogP contribution in [0.25, 0.3) is 0 Å². The molecule has 0 radical (unpaired) electrons. The Balaban J connectivity index is 2.72. The molecule has 0 spiro atoms. The van der Waals surface area contributed by atoms with Crippen LogP contribution in [0.3, 0.4) is 0 Å². The minimum Gasteiger partial charge on any atom is -0.387 e. The van der Waals surface area contributed by atoms with Gasteiger partial charge in [-0.25, -0.2) is 4.98 Å². The fourth-order valence-corrected chi connectivity index (χ4v) is 1.09. The molecule has 1 aromatic heterocycles. The average molecular weight is 237 g/mol. The van der Waals surface area contributed by atoms with Gasteiger partial charge >= 0.3 is 0 Å². The Morgan fingerprint density at radius 1 is 1.41 bits per heavy atom. The summed E-state index contributed by atoms with van der Waals surface area (Å²) < 4.78 is 0. The van der Waals surface area contributed by atoms with Gasteiger partial charge in [-0.3, -0.25) is 9.78 Å². The second kappa shape index (κ2) is 5.23. The van der Waals surface area contributed by atoms with Crippen molar-refractivity contribution < 1.29 is 9.90 Å². The molecule has 2 N–H and O–H groups in total. The summed E-state index contributed by atoms with van der Waals surface area (Å²) in [4.78, 5) is 19.8. The lowest BCUT2D eigenvalue weighted by Crippen LogP contribution is -2.28. The number of amides is 1. The summed E-state index contributed by atoms with van der Waals surface area (Å²) in [6, 6.07) is 0. The van der Waals surface area contributed by atoms with Crippen LogP contribution in [-0.2, 0) is 4.79 Å². The molecule has 0 fully saturated rings. The van der Waals surface area contributed by atoms with Crippen molar-refractivity contribution in [3.8, 4) is 0 Å². The second-order valence-corrected chi connectivity index (χ2v) is 4.95. The van der Waals surface area contributed by atoms with E-state index < -0.39 is 11.5 Å². The lowest BCUT2D eigenvalue weighted by Gasteiger charge is -2.17. The zero-order valence-corrected chi connectivity index (χ0v) is 10.7. The van der Waals surface area contributed by atoms with Crippen molar-refractivity contribution in [2.45, 2.75) is 40.2 Å². The van der Waals surface area contributed by atoms with Crippen molar-refractivity contribution in [2.75, 3.05) is 5.32 Å². The topological polar surface area (TPSA) is 75.1 Å². The molecule has 1 aromatic rings. The number of hydrogen-bond acceptors (Lipinski definition) is 4. The van der Waals surface area contributed by atoms with Crippen LogP contribution in [0.5, 0.6) is 0 Å². The maximum Gasteiger partial charge on any atom is 0.230 e. The molecule has 0 bridgehead atoms. The molecule has 0 unspecified atom stereocenters. The molecule has 0 saturated heterocycles. The van der Waals surface area contributed by atoms with Crippen LogP contribution in [0.15, 0.2) is 12.4 Å². The smallest absolute Gasteiger partial charge is 0.230 e. The minimum absolute atomic E-state index is 0.115. The highest BCUT2D eigenvalue weighted by atomic mass is 16.3. The Kier molecular flexibility index (Phi) is 4.17. The fraction of sp³-hybridized carbons (Fsp3) is 0.583. The number of anilines is 1. The third-order valence-corrected chi connectivity index (χ3v) is 2.32. The van der Waals surface area contributed by atoms with Crippen LogP contribution in [0.2, 0.25) is 0 Å². The van der Waals surface area contributed by atoms with Gasteiger partial charge in [-0.05, 0) is 6.42 Å². The van der Waals surface area contributed by atoms with E-state index in [9.17, 15) is 9.90 Å². The van der Waals surface area contributed by atoms with E-state index >= 15 is 0 Å². The van der Waals surface area contributed by atoms with Crippen LogP contribution in [-0.4, -0.2) is 21.0 Å². The van der Waals surface area contributed by atoms with Gasteiger partial charge in [-0.15, -0.1) is 0 Å². The maximum atomic E-state index is 11.7. The molecule has 17 heavy (non-hydrogen) atoms. The van der Waals surface area contributed by atoms with E-state index in [2.05, 4.69) is 15.3 Å². The van der Waals surface area contributed by atoms with Crippen molar-refractivity contribution in [3.05, 3.63) is 18.1 Å². The number of aliphatic hydroxyl groups is 1. The summed E-state index contributed by atoms with van der Waals surface area (Å²) in [6.45, 7) is 7.34. The average Bonchev–Trinajstić information content (AvgIpc) is 2.27. The lowest BCUT2D eigenvalue weighted by atomic mass is 9.96. The molecule has 1 heterocycles. The van der Waals surface area contributed by atoms with E-state index in [1.165, 1.54) is 12.4 Å². The van der Waals surface area contributed by atoms with E-state index in [0.717, 1.165) is 0 Å². The third kappa shape index (κ3) is 3.78. The van der Waals surface area contributed by atoms with Crippen molar-refractivity contribution >= 4 is 11.7 Å². The number of aliphatic hydroxyl groups excluding tert-OH is 1. The number of carbonyl (C=O) groups excluding carboxylic acids is 1. The quantitative estimate of drug-likeness (QED) is 0.842. The van der Waals surface area contributed by atoms with Crippen molar-refractivity contribution in [2.24, 2.45) is 5.41 Å². The van der Waals surface area contributed by atoms with E-state index in [0.29, 0.717) is 17.9 Å². The van der Waals surface area contributed by atoms with Gasteiger partial charge in [0, 0.05) is 5.41 Å². The third-order valence-electron chi connectivity index (χ3n) is 2.32. The molecule has 0 saturated carbocycles.